The van der Waals surface area contributed by atoms with E-state index in [1.807, 2.05) is 30.9 Å². The lowest BCUT2D eigenvalue weighted by atomic mass is 9.98. The van der Waals surface area contributed by atoms with Gasteiger partial charge in [0.15, 0.2) is 6.23 Å². The maximum Gasteiger partial charge on any atom is 0.419 e. The summed E-state index contributed by atoms with van der Waals surface area (Å²) in [5.41, 5.74) is 1.94. The van der Waals surface area contributed by atoms with Crippen LogP contribution in [0.25, 0.3) is 5.69 Å². The minimum atomic E-state index is -4.49. The van der Waals surface area contributed by atoms with Crippen molar-refractivity contribution in [1.29, 1.82) is 0 Å². The highest BCUT2D eigenvalue weighted by molar-refractivity contribution is 5.42. The molecule has 4 unspecified atom stereocenters. The summed E-state index contributed by atoms with van der Waals surface area (Å²) in [5, 5.41) is 22.8. The molecule has 0 radical (unpaired) electrons. The Kier molecular flexibility index (Phi) is 5.13. The number of aliphatic hydroxyl groups excluding tert-OH is 1. The van der Waals surface area contributed by atoms with Crippen LogP contribution in [0.2, 0.25) is 0 Å². The number of alkyl halides is 3. The number of pyridine rings is 1. The van der Waals surface area contributed by atoms with Gasteiger partial charge >= 0.3 is 6.18 Å². The fourth-order valence-electron chi connectivity index (χ4n) is 4.47. The van der Waals surface area contributed by atoms with Crippen LogP contribution in [-0.2, 0) is 6.18 Å². The fraction of sp³-hybridized carbons (Fsp3) is 0.381. The summed E-state index contributed by atoms with van der Waals surface area (Å²) in [6.07, 6.45) is 1.80. The van der Waals surface area contributed by atoms with Crippen LogP contribution in [0.15, 0.2) is 48.6 Å². The lowest BCUT2D eigenvalue weighted by Gasteiger charge is -2.41. The Morgan fingerprint density at radius 3 is 2.48 bits per heavy atom. The van der Waals surface area contributed by atoms with E-state index in [4.69, 9.17) is 0 Å². The van der Waals surface area contributed by atoms with Crippen LogP contribution in [0.4, 0.5) is 19.1 Å². The van der Waals surface area contributed by atoms with E-state index in [2.05, 4.69) is 36.5 Å². The number of aliphatic hydroxyl groups is 1. The molecule has 3 aromatic rings. The van der Waals surface area contributed by atoms with Gasteiger partial charge in [0.25, 0.3) is 0 Å². The number of nitrogens with zero attached hydrogens (tertiary/aromatic N) is 7. The van der Waals surface area contributed by atoms with Gasteiger partial charge in [0.1, 0.15) is 11.4 Å². The molecular weight excluding hydrogens is 437 g/mol. The Balaban J connectivity index is 1.39. The molecule has 3 aromatic heterocycles. The van der Waals surface area contributed by atoms with Crippen LogP contribution in [0.3, 0.4) is 0 Å². The zero-order valence-corrected chi connectivity index (χ0v) is 17.8. The number of rotatable bonds is 5. The molecule has 0 fully saturated rings. The zero-order chi connectivity index (χ0) is 23.3. The van der Waals surface area contributed by atoms with Crippen molar-refractivity contribution in [1.82, 2.24) is 34.8 Å². The van der Waals surface area contributed by atoms with Crippen LogP contribution < -0.4 is 5.32 Å². The van der Waals surface area contributed by atoms with E-state index in [9.17, 15) is 18.3 Å². The summed E-state index contributed by atoms with van der Waals surface area (Å²) in [6.45, 7) is 3.84. The van der Waals surface area contributed by atoms with Gasteiger partial charge in [0.2, 0.25) is 5.95 Å². The first kappa shape index (κ1) is 21.5. The summed E-state index contributed by atoms with van der Waals surface area (Å²) in [7, 11) is 0. The molecular formula is C21H21F3N8O. The zero-order valence-electron chi connectivity index (χ0n) is 17.8. The number of aromatic nitrogens is 6. The molecule has 1 aliphatic heterocycles. The molecule has 12 heteroatoms. The summed E-state index contributed by atoms with van der Waals surface area (Å²) in [4.78, 5) is 15.5. The first-order valence-electron chi connectivity index (χ1n) is 10.4. The summed E-state index contributed by atoms with van der Waals surface area (Å²) in [6, 6.07) is 3.15. The molecule has 33 heavy (non-hydrogen) atoms. The van der Waals surface area contributed by atoms with Gasteiger partial charge in [-0.15, -0.1) is 4.80 Å². The van der Waals surface area contributed by atoms with Crippen LogP contribution in [0, 0.1) is 6.92 Å². The molecule has 0 saturated heterocycles. The van der Waals surface area contributed by atoms with Crippen LogP contribution in [0.1, 0.15) is 36.5 Å². The molecule has 2 aliphatic rings. The number of nitrogens with one attached hydrogen (secondary N) is 1. The maximum absolute atomic E-state index is 12.8. The van der Waals surface area contributed by atoms with Crippen molar-refractivity contribution in [2.24, 2.45) is 0 Å². The Morgan fingerprint density at radius 2 is 1.85 bits per heavy atom. The van der Waals surface area contributed by atoms with E-state index in [1.165, 1.54) is 4.80 Å². The van der Waals surface area contributed by atoms with Gasteiger partial charge in [0.05, 0.1) is 30.0 Å². The van der Waals surface area contributed by atoms with E-state index < -0.39 is 18.0 Å². The summed E-state index contributed by atoms with van der Waals surface area (Å²) < 4.78 is 38.4. The third-order valence-corrected chi connectivity index (χ3v) is 6.08. The third-order valence-electron chi connectivity index (χ3n) is 6.08. The van der Waals surface area contributed by atoms with Crippen molar-refractivity contribution in [2.75, 3.05) is 5.32 Å². The average Bonchev–Trinajstić information content (AvgIpc) is 3.50. The van der Waals surface area contributed by atoms with Crippen LogP contribution in [0.5, 0.6) is 0 Å². The third kappa shape index (κ3) is 3.85. The van der Waals surface area contributed by atoms with Crippen molar-refractivity contribution in [2.45, 2.75) is 50.8 Å². The highest BCUT2D eigenvalue weighted by Gasteiger charge is 2.47. The monoisotopic (exact) mass is 458 g/mol. The highest BCUT2D eigenvalue weighted by atomic mass is 19.4. The standard InChI is InChI=1S/C21H21F3N8O/c1-11-3-4-16(32-27-5-6-28-32)18(29-11)19(33)31-12(2)13-7-15(17(31)8-13)30-20-25-9-14(10-26-20)21(22,23)24/h3-6,8-10,12,15,17,19,33H,7H2,1-2H3,(H,25,26,30). The van der Waals surface area contributed by atoms with Crippen molar-refractivity contribution in [3.63, 3.8) is 0 Å². The lowest BCUT2D eigenvalue weighted by molar-refractivity contribution is -0.138. The molecule has 5 rings (SSSR count). The summed E-state index contributed by atoms with van der Waals surface area (Å²) in [5.74, 6) is 0.103. The molecule has 4 heterocycles. The Morgan fingerprint density at radius 1 is 1.15 bits per heavy atom. The maximum atomic E-state index is 12.8. The molecule has 0 amide bonds. The number of hydrogen-bond acceptors (Lipinski definition) is 8. The van der Waals surface area contributed by atoms with Crippen LogP contribution >= 0.6 is 0 Å². The number of hydrogen-bond donors (Lipinski definition) is 2. The molecule has 2 N–H and O–H groups in total. The predicted molar refractivity (Wildman–Crippen MR) is 111 cm³/mol. The SMILES string of the molecule is Cc1ccc(-n2nccn2)c(C(O)N2C(C)C3=CC2C(Nc2ncc(C(F)(F)F)cn2)C3)n1. The van der Waals surface area contributed by atoms with E-state index in [1.54, 1.807) is 12.4 Å². The summed E-state index contributed by atoms with van der Waals surface area (Å²) >= 11 is 0. The minimum Gasteiger partial charge on any atom is -0.372 e. The van der Waals surface area contributed by atoms with Gasteiger partial charge in [0, 0.05) is 24.1 Å². The molecule has 0 saturated carbocycles. The number of anilines is 1. The molecule has 4 atom stereocenters. The Bertz CT molecular complexity index is 1180. The largest absolute Gasteiger partial charge is 0.419 e. The van der Waals surface area contributed by atoms with Gasteiger partial charge in [-0.25, -0.2) is 9.97 Å². The molecule has 1 aliphatic carbocycles. The Hall–Kier alpha value is -3.38. The van der Waals surface area contributed by atoms with Crippen LogP contribution in [-0.4, -0.2) is 58.1 Å². The van der Waals surface area contributed by atoms with Gasteiger partial charge in [-0.05, 0) is 32.4 Å². The minimum absolute atomic E-state index is 0.0442. The number of aryl methyl sites for hydroxylation is 1. The normalized spacial score (nSPS) is 23.6. The highest BCUT2D eigenvalue weighted by Crippen LogP contribution is 2.42. The van der Waals surface area contributed by atoms with E-state index >= 15 is 0 Å². The molecule has 0 spiro atoms. The second-order valence-electron chi connectivity index (χ2n) is 8.15. The van der Waals surface area contributed by atoms with Gasteiger partial charge < -0.3 is 10.4 Å². The molecule has 0 aromatic carbocycles. The van der Waals surface area contributed by atoms with Crippen molar-refractivity contribution in [3.8, 4) is 5.69 Å². The number of piperidine rings is 1. The van der Waals surface area contributed by atoms with Crippen molar-refractivity contribution >= 4 is 5.95 Å². The fourth-order valence-corrected chi connectivity index (χ4v) is 4.47. The lowest BCUT2D eigenvalue weighted by Crippen LogP contribution is -2.51. The second-order valence-corrected chi connectivity index (χ2v) is 8.15. The average molecular weight is 458 g/mol. The van der Waals surface area contributed by atoms with Gasteiger partial charge in [-0.1, -0.05) is 11.6 Å². The topological polar surface area (TPSA) is 105 Å². The smallest absolute Gasteiger partial charge is 0.372 e. The van der Waals surface area contributed by atoms with E-state index in [0.717, 1.165) is 23.7 Å². The first-order chi connectivity index (χ1) is 15.7. The van der Waals surface area contributed by atoms with Crippen molar-refractivity contribution in [3.05, 3.63) is 65.5 Å². The molecule has 9 nitrogen and oxygen atoms in total. The van der Waals surface area contributed by atoms with Crippen molar-refractivity contribution < 1.29 is 18.3 Å². The number of likely N-dealkylation sites (tertiary alicyclic amines) is 1. The second kappa shape index (κ2) is 7.89. The molecule has 2 bridgehead atoms. The van der Waals surface area contributed by atoms with E-state index in [0.29, 0.717) is 17.8 Å². The van der Waals surface area contributed by atoms with E-state index in [-0.39, 0.29) is 24.1 Å². The quantitative estimate of drug-likeness (QED) is 0.563. The predicted octanol–water partition coefficient (Wildman–Crippen LogP) is 2.65. The number of halogens is 3. The van der Waals surface area contributed by atoms with Gasteiger partial charge in [-0.2, -0.15) is 23.4 Å². The Labute approximate surface area is 187 Å². The molecule has 172 valence electrons. The number of fused-ring (bicyclic) bond motifs is 1. The first-order valence-corrected chi connectivity index (χ1v) is 10.4. The van der Waals surface area contributed by atoms with Gasteiger partial charge in [-0.3, -0.25) is 9.88 Å².